The second-order valence-electron chi connectivity index (χ2n) is 5.10. The van der Waals surface area contributed by atoms with Crippen LogP contribution in [0.25, 0.3) is 0 Å². The molecule has 1 aliphatic carbocycles. The van der Waals surface area contributed by atoms with Crippen LogP contribution in [0.4, 0.5) is 0 Å². The Labute approximate surface area is 99.5 Å². The van der Waals surface area contributed by atoms with Crippen LogP contribution in [0.15, 0.2) is 0 Å². The first-order chi connectivity index (χ1) is 7.95. The van der Waals surface area contributed by atoms with Gasteiger partial charge in [0.15, 0.2) is 0 Å². The molecule has 1 saturated carbocycles. The van der Waals surface area contributed by atoms with E-state index in [9.17, 15) is 0 Å². The monoisotopic (exact) mass is 226 g/mol. The van der Waals surface area contributed by atoms with Crippen LogP contribution in [0.3, 0.4) is 0 Å². The molecule has 1 aliphatic heterocycles. The van der Waals surface area contributed by atoms with Gasteiger partial charge in [-0.15, -0.1) is 0 Å². The Kier molecular flexibility index (Phi) is 5.59. The molecule has 1 heterocycles. The zero-order valence-corrected chi connectivity index (χ0v) is 10.4. The van der Waals surface area contributed by atoms with E-state index < -0.39 is 0 Å². The highest BCUT2D eigenvalue weighted by molar-refractivity contribution is 4.80. The maximum absolute atomic E-state index is 5.66. The van der Waals surface area contributed by atoms with E-state index >= 15 is 0 Å². The summed E-state index contributed by atoms with van der Waals surface area (Å²) in [4.78, 5) is 2.53. The molecule has 3 nitrogen and oxygen atoms in total. The molecule has 0 unspecified atom stereocenters. The van der Waals surface area contributed by atoms with Gasteiger partial charge >= 0.3 is 0 Å². The van der Waals surface area contributed by atoms with Crippen molar-refractivity contribution in [2.75, 3.05) is 39.4 Å². The molecule has 2 fully saturated rings. The van der Waals surface area contributed by atoms with E-state index in [0.717, 1.165) is 38.8 Å². The zero-order chi connectivity index (χ0) is 11.1. The summed E-state index contributed by atoms with van der Waals surface area (Å²) in [5.74, 6) is 0. The van der Waals surface area contributed by atoms with Gasteiger partial charge in [0.1, 0.15) is 0 Å². The third-order valence-electron chi connectivity index (χ3n) is 3.48. The van der Waals surface area contributed by atoms with Crippen molar-refractivity contribution in [3.63, 3.8) is 0 Å². The lowest BCUT2D eigenvalue weighted by molar-refractivity contribution is 0.0949. The highest BCUT2D eigenvalue weighted by atomic mass is 16.5. The molecule has 0 amide bonds. The molecule has 0 aromatic rings. The molecule has 3 heteroatoms. The van der Waals surface area contributed by atoms with Gasteiger partial charge in [-0.2, -0.15) is 0 Å². The number of nitrogens with zero attached hydrogens (tertiary/aromatic N) is 1. The van der Waals surface area contributed by atoms with E-state index in [1.54, 1.807) is 0 Å². The summed E-state index contributed by atoms with van der Waals surface area (Å²) in [6.07, 6.45) is 8.11. The number of piperidine rings is 1. The van der Waals surface area contributed by atoms with Crippen LogP contribution < -0.4 is 5.32 Å². The van der Waals surface area contributed by atoms with Crippen LogP contribution in [0.1, 0.15) is 38.5 Å². The fraction of sp³-hybridized carbons (Fsp3) is 1.00. The predicted molar refractivity (Wildman–Crippen MR) is 66.8 cm³/mol. The maximum Gasteiger partial charge on any atom is 0.0593 e. The summed E-state index contributed by atoms with van der Waals surface area (Å²) in [5, 5.41) is 3.51. The fourth-order valence-corrected chi connectivity index (χ4v) is 2.25. The first kappa shape index (κ1) is 12.3. The number of hydrogen-bond donors (Lipinski definition) is 1. The van der Waals surface area contributed by atoms with Gasteiger partial charge in [0.25, 0.3) is 0 Å². The minimum Gasteiger partial charge on any atom is -0.380 e. The molecule has 16 heavy (non-hydrogen) atoms. The minimum absolute atomic E-state index is 0.841. The van der Waals surface area contributed by atoms with Crippen molar-refractivity contribution < 1.29 is 4.74 Å². The smallest absolute Gasteiger partial charge is 0.0593 e. The van der Waals surface area contributed by atoms with Crippen LogP contribution >= 0.6 is 0 Å². The van der Waals surface area contributed by atoms with E-state index in [0.29, 0.717) is 0 Å². The quantitative estimate of drug-likeness (QED) is 0.637. The van der Waals surface area contributed by atoms with Crippen LogP contribution in [0.2, 0.25) is 0 Å². The Hall–Kier alpha value is -0.120. The number of hydrogen-bond acceptors (Lipinski definition) is 3. The summed E-state index contributed by atoms with van der Waals surface area (Å²) < 4.78 is 5.66. The minimum atomic E-state index is 0.841. The molecule has 0 aromatic heterocycles. The summed E-state index contributed by atoms with van der Waals surface area (Å²) in [5.41, 5.74) is 0. The summed E-state index contributed by atoms with van der Waals surface area (Å²) in [7, 11) is 0. The molecule has 2 rings (SSSR count). The molecule has 0 radical (unpaired) electrons. The normalized spacial score (nSPS) is 22.5. The SMILES string of the molecule is C1CCN(CCOCCCNC2CC2)CC1. The van der Waals surface area contributed by atoms with Gasteiger partial charge < -0.3 is 15.0 Å². The third kappa shape index (κ3) is 5.28. The van der Waals surface area contributed by atoms with Gasteiger partial charge in [0, 0.05) is 19.2 Å². The van der Waals surface area contributed by atoms with Crippen molar-refractivity contribution in [1.29, 1.82) is 0 Å². The van der Waals surface area contributed by atoms with Crippen molar-refractivity contribution >= 4 is 0 Å². The standard InChI is InChI=1S/C13H26N2O/c1-2-8-15(9-3-1)10-12-16-11-4-7-14-13-5-6-13/h13-14H,1-12H2. The molecule has 0 bridgehead atoms. The average Bonchev–Trinajstić information content (AvgIpc) is 3.13. The van der Waals surface area contributed by atoms with E-state index in [-0.39, 0.29) is 0 Å². The van der Waals surface area contributed by atoms with Crippen molar-refractivity contribution in [2.45, 2.75) is 44.6 Å². The Bertz CT molecular complexity index is 177. The van der Waals surface area contributed by atoms with Crippen molar-refractivity contribution in [3.05, 3.63) is 0 Å². The lowest BCUT2D eigenvalue weighted by Gasteiger charge is -2.26. The molecule has 1 saturated heterocycles. The average molecular weight is 226 g/mol. The number of ether oxygens (including phenoxy) is 1. The topological polar surface area (TPSA) is 24.5 Å². The highest BCUT2D eigenvalue weighted by Gasteiger charge is 2.19. The van der Waals surface area contributed by atoms with E-state index in [4.69, 9.17) is 4.74 Å². The molecule has 0 aromatic carbocycles. The Morgan fingerprint density at radius 1 is 1.06 bits per heavy atom. The van der Waals surface area contributed by atoms with Gasteiger partial charge in [-0.05, 0) is 51.7 Å². The van der Waals surface area contributed by atoms with Crippen LogP contribution in [-0.4, -0.2) is 50.3 Å². The predicted octanol–water partition coefficient (Wildman–Crippen LogP) is 1.63. The van der Waals surface area contributed by atoms with E-state index in [1.165, 1.54) is 45.2 Å². The van der Waals surface area contributed by atoms with Crippen molar-refractivity contribution in [1.82, 2.24) is 10.2 Å². The maximum atomic E-state index is 5.66. The number of likely N-dealkylation sites (tertiary alicyclic amines) is 1. The number of rotatable bonds is 8. The molecular weight excluding hydrogens is 200 g/mol. The Balaban J connectivity index is 1.33. The molecular formula is C13H26N2O. The lowest BCUT2D eigenvalue weighted by atomic mass is 10.1. The van der Waals surface area contributed by atoms with Gasteiger partial charge in [-0.25, -0.2) is 0 Å². The first-order valence-electron chi connectivity index (χ1n) is 6.98. The third-order valence-corrected chi connectivity index (χ3v) is 3.48. The Morgan fingerprint density at radius 3 is 2.62 bits per heavy atom. The summed E-state index contributed by atoms with van der Waals surface area (Å²) in [6, 6.07) is 0.841. The van der Waals surface area contributed by atoms with Crippen molar-refractivity contribution in [2.24, 2.45) is 0 Å². The fourth-order valence-electron chi connectivity index (χ4n) is 2.25. The second kappa shape index (κ2) is 7.25. The summed E-state index contributed by atoms with van der Waals surface area (Å²) in [6.45, 7) is 6.68. The van der Waals surface area contributed by atoms with Crippen LogP contribution in [0, 0.1) is 0 Å². The second-order valence-corrected chi connectivity index (χ2v) is 5.10. The first-order valence-corrected chi connectivity index (χ1v) is 6.98. The highest BCUT2D eigenvalue weighted by Crippen LogP contribution is 2.18. The van der Waals surface area contributed by atoms with Gasteiger partial charge in [0.05, 0.1) is 6.61 Å². The molecule has 2 aliphatic rings. The van der Waals surface area contributed by atoms with Crippen molar-refractivity contribution in [3.8, 4) is 0 Å². The van der Waals surface area contributed by atoms with E-state index in [2.05, 4.69) is 10.2 Å². The Morgan fingerprint density at radius 2 is 1.88 bits per heavy atom. The zero-order valence-electron chi connectivity index (χ0n) is 10.4. The molecule has 1 N–H and O–H groups in total. The van der Waals surface area contributed by atoms with Gasteiger partial charge in [-0.1, -0.05) is 6.42 Å². The molecule has 0 spiro atoms. The lowest BCUT2D eigenvalue weighted by Crippen LogP contribution is -2.32. The van der Waals surface area contributed by atoms with Gasteiger partial charge in [-0.3, -0.25) is 0 Å². The molecule has 94 valence electrons. The van der Waals surface area contributed by atoms with E-state index in [1.807, 2.05) is 0 Å². The largest absolute Gasteiger partial charge is 0.380 e. The van der Waals surface area contributed by atoms with Gasteiger partial charge in [0.2, 0.25) is 0 Å². The molecule has 0 atom stereocenters. The number of nitrogens with one attached hydrogen (secondary N) is 1. The summed E-state index contributed by atoms with van der Waals surface area (Å²) >= 11 is 0. The van der Waals surface area contributed by atoms with Crippen LogP contribution in [-0.2, 0) is 4.74 Å². The van der Waals surface area contributed by atoms with Crippen LogP contribution in [0.5, 0.6) is 0 Å².